The number of pyridine rings is 1. The summed E-state index contributed by atoms with van der Waals surface area (Å²) in [4.78, 5) is 25.1. The van der Waals surface area contributed by atoms with Crippen LogP contribution in [0, 0.1) is 10.1 Å². The SMILES string of the molecule is CC(=CC(=O)O)COc1ccc([N+](=O)[O-])c2cccnc12. The van der Waals surface area contributed by atoms with E-state index in [1.165, 1.54) is 18.3 Å². The van der Waals surface area contributed by atoms with E-state index in [9.17, 15) is 14.9 Å². The number of benzene rings is 1. The summed E-state index contributed by atoms with van der Waals surface area (Å²) in [5.41, 5.74) is 0.836. The van der Waals surface area contributed by atoms with E-state index in [-0.39, 0.29) is 12.3 Å². The summed E-state index contributed by atoms with van der Waals surface area (Å²) >= 11 is 0. The summed E-state index contributed by atoms with van der Waals surface area (Å²) in [5, 5.41) is 20.0. The van der Waals surface area contributed by atoms with Gasteiger partial charge in [-0.05, 0) is 30.7 Å². The average molecular weight is 288 g/mol. The maximum absolute atomic E-state index is 11.0. The molecule has 0 aliphatic rings. The van der Waals surface area contributed by atoms with Gasteiger partial charge in [0.05, 0.1) is 10.3 Å². The molecule has 0 fully saturated rings. The van der Waals surface area contributed by atoms with Gasteiger partial charge in [0.25, 0.3) is 5.69 Å². The number of hydrogen-bond donors (Lipinski definition) is 1. The van der Waals surface area contributed by atoms with Crippen molar-refractivity contribution in [2.45, 2.75) is 6.92 Å². The van der Waals surface area contributed by atoms with Crippen LogP contribution >= 0.6 is 0 Å². The minimum absolute atomic E-state index is 0.0525. The van der Waals surface area contributed by atoms with E-state index in [2.05, 4.69) is 4.98 Å². The lowest BCUT2D eigenvalue weighted by Gasteiger charge is -2.08. The number of non-ortho nitro benzene ring substituents is 1. The molecule has 0 radical (unpaired) electrons. The number of nitro benzene ring substituents is 1. The lowest BCUT2D eigenvalue weighted by molar-refractivity contribution is -0.383. The Labute approximate surface area is 119 Å². The lowest BCUT2D eigenvalue weighted by Crippen LogP contribution is -2.02. The van der Waals surface area contributed by atoms with Gasteiger partial charge < -0.3 is 9.84 Å². The molecular formula is C14H12N2O5. The van der Waals surface area contributed by atoms with Gasteiger partial charge in [-0.3, -0.25) is 15.1 Å². The van der Waals surface area contributed by atoms with Crippen molar-refractivity contribution < 1.29 is 19.6 Å². The molecule has 1 aromatic carbocycles. The Morgan fingerprint density at radius 3 is 2.90 bits per heavy atom. The highest BCUT2D eigenvalue weighted by Crippen LogP contribution is 2.31. The maximum atomic E-state index is 11.0. The van der Waals surface area contributed by atoms with Crippen LogP contribution in [0.2, 0.25) is 0 Å². The molecule has 0 saturated carbocycles. The molecule has 0 aliphatic heterocycles. The molecule has 108 valence electrons. The zero-order valence-corrected chi connectivity index (χ0v) is 11.1. The summed E-state index contributed by atoms with van der Waals surface area (Å²) in [5.74, 6) is -0.683. The topological polar surface area (TPSA) is 103 Å². The van der Waals surface area contributed by atoms with E-state index in [1.54, 1.807) is 19.1 Å². The first-order chi connectivity index (χ1) is 9.99. The molecule has 0 bridgehead atoms. The average Bonchev–Trinajstić information content (AvgIpc) is 2.43. The Morgan fingerprint density at radius 1 is 1.48 bits per heavy atom. The normalized spacial score (nSPS) is 11.4. The van der Waals surface area contributed by atoms with Crippen LogP contribution in [0.5, 0.6) is 5.75 Å². The number of aliphatic carboxylic acids is 1. The smallest absolute Gasteiger partial charge is 0.328 e. The third-order valence-corrected chi connectivity index (χ3v) is 2.73. The minimum Gasteiger partial charge on any atom is -0.487 e. The zero-order chi connectivity index (χ0) is 15.4. The standard InChI is InChI=1S/C14H12N2O5/c1-9(7-13(17)18)8-21-12-5-4-11(16(19)20)10-3-2-6-15-14(10)12/h2-7H,8H2,1H3,(H,17,18). The van der Waals surface area contributed by atoms with Crippen molar-refractivity contribution in [2.75, 3.05) is 6.61 Å². The van der Waals surface area contributed by atoms with E-state index in [4.69, 9.17) is 9.84 Å². The van der Waals surface area contributed by atoms with Gasteiger partial charge in [0.15, 0.2) is 0 Å². The Balaban J connectivity index is 2.36. The van der Waals surface area contributed by atoms with E-state index in [1.807, 2.05) is 0 Å². The van der Waals surface area contributed by atoms with Crippen LogP contribution in [0.25, 0.3) is 10.9 Å². The number of ether oxygens (including phenoxy) is 1. The summed E-state index contributed by atoms with van der Waals surface area (Å²) < 4.78 is 5.50. The highest BCUT2D eigenvalue weighted by Gasteiger charge is 2.15. The van der Waals surface area contributed by atoms with E-state index in [0.717, 1.165) is 6.08 Å². The van der Waals surface area contributed by atoms with Crippen LogP contribution in [-0.2, 0) is 4.79 Å². The molecule has 0 atom stereocenters. The third kappa shape index (κ3) is 3.33. The van der Waals surface area contributed by atoms with E-state index < -0.39 is 10.9 Å². The second kappa shape index (κ2) is 6.00. The fourth-order valence-electron chi connectivity index (χ4n) is 1.85. The monoisotopic (exact) mass is 288 g/mol. The Kier molecular flexibility index (Phi) is 4.13. The van der Waals surface area contributed by atoms with Crippen LogP contribution in [-0.4, -0.2) is 27.6 Å². The molecule has 2 aromatic rings. The quantitative estimate of drug-likeness (QED) is 0.515. The lowest BCUT2D eigenvalue weighted by atomic mass is 10.1. The van der Waals surface area contributed by atoms with Gasteiger partial charge in [-0.2, -0.15) is 0 Å². The van der Waals surface area contributed by atoms with Gasteiger partial charge in [-0.25, -0.2) is 4.79 Å². The Hall–Kier alpha value is -2.96. The fraction of sp³-hybridized carbons (Fsp3) is 0.143. The van der Waals surface area contributed by atoms with Crippen LogP contribution in [0.1, 0.15) is 6.92 Å². The summed E-state index contributed by atoms with van der Waals surface area (Å²) in [6, 6.07) is 6.00. The molecule has 1 heterocycles. The van der Waals surface area contributed by atoms with Gasteiger partial charge in [0.2, 0.25) is 0 Å². The molecule has 0 aliphatic carbocycles. The second-order valence-electron chi connectivity index (χ2n) is 4.36. The van der Waals surface area contributed by atoms with Gasteiger partial charge >= 0.3 is 5.97 Å². The number of rotatable bonds is 5. The summed E-state index contributed by atoms with van der Waals surface area (Å²) in [7, 11) is 0. The van der Waals surface area contributed by atoms with Gasteiger partial charge in [-0.1, -0.05) is 0 Å². The number of fused-ring (bicyclic) bond motifs is 1. The van der Waals surface area contributed by atoms with Crippen molar-refractivity contribution in [3.63, 3.8) is 0 Å². The first-order valence-electron chi connectivity index (χ1n) is 6.04. The number of nitrogens with zero attached hydrogens (tertiary/aromatic N) is 2. The van der Waals surface area contributed by atoms with Crippen molar-refractivity contribution in [3.05, 3.63) is 52.2 Å². The highest BCUT2D eigenvalue weighted by atomic mass is 16.6. The molecule has 7 nitrogen and oxygen atoms in total. The molecule has 0 spiro atoms. The van der Waals surface area contributed by atoms with Crippen molar-refractivity contribution in [1.29, 1.82) is 0 Å². The number of nitro groups is 1. The molecule has 0 unspecified atom stereocenters. The van der Waals surface area contributed by atoms with Crippen molar-refractivity contribution in [2.24, 2.45) is 0 Å². The molecule has 7 heteroatoms. The molecule has 0 saturated heterocycles. The number of carboxylic acid groups (broad SMARTS) is 1. The zero-order valence-electron chi connectivity index (χ0n) is 11.1. The largest absolute Gasteiger partial charge is 0.487 e. The Bertz CT molecular complexity index is 739. The Morgan fingerprint density at radius 2 is 2.24 bits per heavy atom. The van der Waals surface area contributed by atoms with Crippen LogP contribution in [0.4, 0.5) is 5.69 Å². The predicted molar refractivity (Wildman–Crippen MR) is 75.3 cm³/mol. The third-order valence-electron chi connectivity index (χ3n) is 2.73. The van der Waals surface area contributed by atoms with Gasteiger partial charge in [-0.15, -0.1) is 0 Å². The number of carboxylic acids is 1. The van der Waals surface area contributed by atoms with Crippen LogP contribution in [0.15, 0.2) is 42.1 Å². The second-order valence-corrected chi connectivity index (χ2v) is 4.36. The number of hydrogen-bond acceptors (Lipinski definition) is 5. The van der Waals surface area contributed by atoms with Gasteiger partial charge in [0.1, 0.15) is 17.9 Å². The minimum atomic E-state index is -1.05. The molecular weight excluding hydrogens is 276 g/mol. The first-order valence-corrected chi connectivity index (χ1v) is 6.04. The first kappa shape index (κ1) is 14.4. The predicted octanol–water partition coefficient (Wildman–Crippen LogP) is 2.55. The van der Waals surface area contributed by atoms with E-state index >= 15 is 0 Å². The van der Waals surface area contributed by atoms with E-state index in [0.29, 0.717) is 22.2 Å². The molecule has 21 heavy (non-hydrogen) atoms. The summed E-state index contributed by atoms with van der Waals surface area (Å²) in [6.07, 6.45) is 2.56. The molecule has 2 rings (SSSR count). The van der Waals surface area contributed by atoms with Crippen molar-refractivity contribution >= 4 is 22.6 Å². The van der Waals surface area contributed by atoms with Crippen molar-refractivity contribution in [3.8, 4) is 5.75 Å². The highest BCUT2D eigenvalue weighted by molar-refractivity contribution is 5.92. The molecule has 1 N–H and O–H groups in total. The van der Waals surface area contributed by atoms with Crippen LogP contribution in [0.3, 0.4) is 0 Å². The molecule has 0 amide bonds. The van der Waals surface area contributed by atoms with Crippen LogP contribution < -0.4 is 4.74 Å². The molecule has 1 aromatic heterocycles. The van der Waals surface area contributed by atoms with Crippen molar-refractivity contribution in [1.82, 2.24) is 4.98 Å². The summed E-state index contributed by atoms with van der Waals surface area (Å²) in [6.45, 7) is 1.69. The van der Waals surface area contributed by atoms with Gasteiger partial charge in [0, 0.05) is 18.3 Å². The number of aromatic nitrogens is 1. The number of carbonyl (C=O) groups is 1. The maximum Gasteiger partial charge on any atom is 0.328 e. The fourth-order valence-corrected chi connectivity index (χ4v) is 1.85.